The number of nitrogens with zero attached hydrogens (tertiary/aromatic N) is 3. The molecule has 0 atom stereocenters. The van der Waals surface area contributed by atoms with Crippen LogP contribution in [0.25, 0.3) is 0 Å². The zero-order chi connectivity index (χ0) is 24.2. The number of likely N-dealkylation sites (tertiary alicyclic amines) is 1. The minimum atomic E-state index is -3.68. The molecule has 0 amide bonds. The van der Waals surface area contributed by atoms with Crippen LogP contribution < -0.4 is 10.5 Å². The third-order valence-electron chi connectivity index (χ3n) is 5.60. The van der Waals surface area contributed by atoms with Crippen molar-refractivity contribution >= 4 is 38.9 Å². The van der Waals surface area contributed by atoms with Crippen molar-refractivity contribution in [2.75, 3.05) is 33.7 Å². The van der Waals surface area contributed by atoms with Gasteiger partial charge in [-0.2, -0.15) is 0 Å². The Labute approximate surface area is 206 Å². The number of benzene rings is 1. The number of sulfonamides is 1. The molecule has 1 aromatic carbocycles. The molecule has 1 fully saturated rings. The van der Waals surface area contributed by atoms with Gasteiger partial charge in [-0.15, -0.1) is 0 Å². The Hall–Kier alpha value is -2.26. The molecule has 0 aromatic heterocycles. The number of nitrogens with two attached hydrogens (primary N) is 1. The number of aliphatic imine (C=N–C) groups is 1. The van der Waals surface area contributed by atoms with Gasteiger partial charge >= 0.3 is 0 Å². The van der Waals surface area contributed by atoms with Gasteiger partial charge in [0, 0.05) is 49.3 Å². The van der Waals surface area contributed by atoms with Crippen molar-refractivity contribution in [1.82, 2.24) is 14.5 Å². The highest BCUT2D eigenvalue weighted by molar-refractivity contribution is 7.89. The van der Waals surface area contributed by atoms with Crippen molar-refractivity contribution in [2.24, 2.45) is 16.6 Å². The minimum Gasteiger partial charge on any atom is -0.385 e. The molecule has 1 aliphatic heterocycles. The first-order valence-electron chi connectivity index (χ1n) is 10.6. The lowest BCUT2D eigenvalue weighted by atomic mass is 9.97. The summed E-state index contributed by atoms with van der Waals surface area (Å²) >= 11 is 11.9. The molecule has 1 saturated heterocycles. The Morgan fingerprint density at radius 3 is 2.39 bits per heavy atom. The molecule has 178 valence electrons. The van der Waals surface area contributed by atoms with Crippen molar-refractivity contribution in [3.8, 4) is 0 Å². The van der Waals surface area contributed by atoms with Crippen molar-refractivity contribution in [3.63, 3.8) is 0 Å². The molecule has 1 aromatic rings. The molecular weight excluding hydrogens is 481 g/mol. The van der Waals surface area contributed by atoms with E-state index < -0.39 is 10.0 Å². The average Bonchev–Trinajstić information content (AvgIpc) is 2.77. The molecule has 0 spiro atoms. The molecule has 1 aliphatic carbocycles. The summed E-state index contributed by atoms with van der Waals surface area (Å²) in [6.07, 6.45) is 9.34. The van der Waals surface area contributed by atoms with Crippen LogP contribution in [0.3, 0.4) is 0 Å². The summed E-state index contributed by atoms with van der Waals surface area (Å²) in [6, 6.07) is 4.28. The fourth-order valence-corrected chi connectivity index (χ4v) is 5.47. The maximum Gasteiger partial charge on any atom is 0.240 e. The molecule has 2 aliphatic rings. The number of rotatable bonds is 7. The molecule has 0 bridgehead atoms. The largest absolute Gasteiger partial charge is 0.385 e. The Morgan fingerprint density at radius 1 is 1.18 bits per heavy atom. The normalized spacial score (nSPS) is 19.8. The van der Waals surface area contributed by atoms with E-state index in [0.29, 0.717) is 18.2 Å². The number of hydrogen-bond donors (Lipinski definition) is 2. The van der Waals surface area contributed by atoms with Crippen LogP contribution in [0.15, 0.2) is 76.2 Å². The van der Waals surface area contributed by atoms with Crippen LogP contribution in [0.2, 0.25) is 10.0 Å². The molecule has 3 rings (SSSR count). The monoisotopic (exact) mass is 509 g/mol. The predicted molar refractivity (Wildman–Crippen MR) is 136 cm³/mol. The summed E-state index contributed by atoms with van der Waals surface area (Å²) in [7, 11) is 0.0977. The van der Waals surface area contributed by atoms with Gasteiger partial charge in [-0.25, -0.2) is 18.1 Å². The van der Waals surface area contributed by atoms with E-state index in [0.717, 1.165) is 37.2 Å². The Kier molecular flexibility index (Phi) is 8.28. The van der Waals surface area contributed by atoms with E-state index in [9.17, 15) is 8.42 Å². The van der Waals surface area contributed by atoms with E-state index in [1.54, 1.807) is 0 Å². The Morgan fingerprint density at radius 2 is 1.79 bits per heavy atom. The summed E-state index contributed by atoms with van der Waals surface area (Å²) in [5.74, 6) is 1.51. The van der Waals surface area contributed by atoms with Gasteiger partial charge in [0.1, 0.15) is 11.6 Å². The predicted octanol–water partition coefficient (Wildman–Crippen LogP) is 3.75. The van der Waals surface area contributed by atoms with Crippen molar-refractivity contribution in [1.29, 1.82) is 0 Å². The number of allylic oxidation sites excluding steroid dienone is 5. The first-order valence-corrected chi connectivity index (χ1v) is 12.8. The average molecular weight is 510 g/mol. The van der Waals surface area contributed by atoms with Crippen molar-refractivity contribution in [3.05, 3.63) is 76.3 Å². The van der Waals surface area contributed by atoms with Crippen LogP contribution in [0.4, 0.5) is 0 Å². The number of halogens is 2. The SMILES string of the molecule is C=C(/N=C1/C=CC=C/C1=C(/N)N(C)C)N1CCC(CNS(=O)(=O)c2cc(Cl)cc(Cl)c2)CC1. The first-order chi connectivity index (χ1) is 15.6. The number of nitrogens with one attached hydrogen (secondary N) is 1. The van der Waals surface area contributed by atoms with Crippen LogP contribution in [0, 0.1) is 5.92 Å². The molecule has 1 heterocycles. The topological polar surface area (TPSA) is 91.0 Å². The lowest BCUT2D eigenvalue weighted by molar-refractivity contribution is 0.227. The summed E-state index contributed by atoms with van der Waals surface area (Å²) in [4.78, 5) is 8.75. The van der Waals surface area contributed by atoms with Gasteiger partial charge < -0.3 is 15.5 Å². The fraction of sp³-hybridized carbons (Fsp3) is 0.348. The standard InChI is InChI=1S/C23H29Cl2N5O2S/c1-16(28-22-7-5-4-6-21(22)23(26)29(2)3)30-10-8-17(9-11-30)15-27-33(31,32)20-13-18(24)12-19(25)14-20/h4-7,12-14,17,27H,1,8-11,15,26H2,2-3H3/b23-21+,28-22-. The summed E-state index contributed by atoms with van der Waals surface area (Å²) in [6.45, 7) is 5.98. The highest BCUT2D eigenvalue weighted by Crippen LogP contribution is 2.24. The minimum absolute atomic E-state index is 0.0667. The Bertz CT molecular complexity index is 1110. The lowest BCUT2D eigenvalue weighted by Crippen LogP contribution is -2.38. The zero-order valence-corrected chi connectivity index (χ0v) is 21.1. The second kappa shape index (κ2) is 10.8. The van der Waals surface area contributed by atoms with E-state index in [4.69, 9.17) is 33.9 Å². The summed E-state index contributed by atoms with van der Waals surface area (Å²) in [5.41, 5.74) is 7.83. The summed E-state index contributed by atoms with van der Waals surface area (Å²) in [5, 5.41) is 0.565. The van der Waals surface area contributed by atoms with Crippen LogP contribution in [0.5, 0.6) is 0 Å². The number of hydrogen-bond acceptors (Lipinski definition) is 6. The lowest BCUT2D eigenvalue weighted by Gasteiger charge is -2.33. The first kappa shape index (κ1) is 25.4. The Balaban J connectivity index is 1.58. The molecule has 7 nitrogen and oxygen atoms in total. The highest BCUT2D eigenvalue weighted by atomic mass is 35.5. The van der Waals surface area contributed by atoms with Crippen LogP contribution >= 0.6 is 23.2 Å². The smallest absolute Gasteiger partial charge is 0.240 e. The van der Waals surface area contributed by atoms with Crippen LogP contribution in [-0.2, 0) is 10.0 Å². The fourth-order valence-electron chi connectivity index (χ4n) is 3.63. The molecule has 0 radical (unpaired) electrons. The van der Waals surface area contributed by atoms with E-state index in [1.807, 2.05) is 43.3 Å². The molecule has 0 saturated carbocycles. The molecule has 10 heteroatoms. The van der Waals surface area contributed by atoms with Gasteiger partial charge in [0.2, 0.25) is 10.0 Å². The zero-order valence-electron chi connectivity index (χ0n) is 18.8. The molecular formula is C23H29Cl2N5O2S. The van der Waals surface area contributed by atoms with E-state index in [-0.39, 0.29) is 20.9 Å². The molecule has 0 unspecified atom stereocenters. The van der Waals surface area contributed by atoms with E-state index in [1.165, 1.54) is 18.2 Å². The van der Waals surface area contributed by atoms with Crippen molar-refractivity contribution in [2.45, 2.75) is 17.7 Å². The van der Waals surface area contributed by atoms with Gasteiger partial charge in [-0.05, 0) is 49.1 Å². The maximum atomic E-state index is 12.6. The maximum absolute atomic E-state index is 12.6. The number of piperidine rings is 1. The van der Waals surface area contributed by atoms with Crippen LogP contribution in [0.1, 0.15) is 12.8 Å². The molecule has 3 N–H and O–H groups in total. The third-order valence-corrected chi connectivity index (χ3v) is 7.44. The van der Waals surface area contributed by atoms with Gasteiger partial charge in [0.25, 0.3) is 0 Å². The quantitative estimate of drug-likeness (QED) is 0.583. The van der Waals surface area contributed by atoms with E-state index in [2.05, 4.69) is 16.2 Å². The second-order valence-corrected chi connectivity index (χ2v) is 10.9. The van der Waals surface area contributed by atoms with E-state index >= 15 is 0 Å². The van der Waals surface area contributed by atoms with Crippen molar-refractivity contribution < 1.29 is 8.42 Å². The highest BCUT2D eigenvalue weighted by Gasteiger charge is 2.23. The molecule has 33 heavy (non-hydrogen) atoms. The second-order valence-electron chi connectivity index (χ2n) is 8.21. The van der Waals surface area contributed by atoms with Gasteiger partial charge in [0.15, 0.2) is 0 Å². The van der Waals surface area contributed by atoms with Gasteiger partial charge in [-0.3, -0.25) is 0 Å². The van der Waals surface area contributed by atoms with Gasteiger partial charge in [-0.1, -0.05) is 41.9 Å². The van der Waals surface area contributed by atoms with Crippen LogP contribution in [-0.4, -0.2) is 57.7 Å². The summed E-state index contributed by atoms with van der Waals surface area (Å²) < 4.78 is 27.9. The van der Waals surface area contributed by atoms with Gasteiger partial charge in [0.05, 0.1) is 10.6 Å². The third kappa shape index (κ3) is 6.63.